The lowest BCUT2D eigenvalue weighted by Gasteiger charge is -2.22. The molecule has 0 saturated carbocycles. The first kappa shape index (κ1) is 24.9. The fourth-order valence-corrected chi connectivity index (χ4v) is 7.16. The fourth-order valence-electron chi connectivity index (χ4n) is 4.90. The second-order valence-electron chi connectivity index (χ2n) is 8.78. The minimum absolute atomic E-state index is 0.00971. The van der Waals surface area contributed by atoms with Gasteiger partial charge in [-0.1, -0.05) is 53.4 Å². The molecular weight excluding hydrogens is 484 g/mol. The van der Waals surface area contributed by atoms with Crippen molar-refractivity contribution in [3.63, 3.8) is 0 Å². The molecule has 1 aliphatic carbocycles. The lowest BCUT2D eigenvalue weighted by molar-refractivity contribution is -0.665. The zero-order chi connectivity index (χ0) is 24.9. The quantitative estimate of drug-likeness (QED) is 0.324. The average molecular weight is 518 g/mol. The number of thioether (sulfide) groups is 1. The predicted molar refractivity (Wildman–Crippen MR) is 152 cm³/mol. The molecule has 2 aliphatic rings. The fraction of sp³-hybridized carbons (Fsp3) is 0.300. The van der Waals surface area contributed by atoms with Crippen LogP contribution >= 0.6 is 23.1 Å². The van der Waals surface area contributed by atoms with Gasteiger partial charge in [0.15, 0.2) is 0 Å². The zero-order valence-corrected chi connectivity index (χ0v) is 22.6. The molecular formula is C30H33N2O2S2+. The van der Waals surface area contributed by atoms with Crippen molar-refractivity contribution in [3.05, 3.63) is 93.7 Å². The van der Waals surface area contributed by atoms with Crippen molar-refractivity contribution < 1.29 is 14.4 Å². The molecule has 186 valence electrons. The third-order valence-electron chi connectivity index (χ3n) is 6.57. The van der Waals surface area contributed by atoms with Gasteiger partial charge in [0, 0.05) is 23.6 Å². The Kier molecular flexibility index (Phi) is 7.95. The lowest BCUT2D eigenvalue weighted by Crippen LogP contribution is -2.33. The average Bonchev–Trinajstić information content (AvgIpc) is 3.46. The summed E-state index contributed by atoms with van der Waals surface area (Å²) < 4.78 is 9.82. The Morgan fingerprint density at radius 1 is 1.03 bits per heavy atom. The normalized spacial score (nSPS) is 18.2. The van der Waals surface area contributed by atoms with Crippen molar-refractivity contribution in [2.24, 2.45) is 0 Å². The van der Waals surface area contributed by atoms with Crippen LogP contribution in [0.2, 0.25) is 0 Å². The number of anilines is 1. The van der Waals surface area contributed by atoms with Crippen LogP contribution in [0.25, 0.3) is 16.3 Å². The number of aliphatic hydroxyl groups excluding tert-OH is 1. The molecule has 6 heteroatoms. The molecule has 0 spiro atoms. The molecule has 5 rings (SSSR count). The number of para-hydroxylation sites is 2. The van der Waals surface area contributed by atoms with E-state index in [1.807, 2.05) is 23.1 Å². The van der Waals surface area contributed by atoms with Crippen LogP contribution in [0.3, 0.4) is 0 Å². The van der Waals surface area contributed by atoms with E-state index in [1.165, 1.54) is 42.0 Å². The molecule has 1 N–H and O–H groups in total. The summed E-state index contributed by atoms with van der Waals surface area (Å²) in [6.45, 7) is 6.57. The van der Waals surface area contributed by atoms with Gasteiger partial charge in [0.2, 0.25) is 5.52 Å². The van der Waals surface area contributed by atoms with E-state index in [9.17, 15) is 5.11 Å². The van der Waals surface area contributed by atoms with Gasteiger partial charge in [-0.2, -0.15) is 4.57 Å². The topological polar surface area (TPSA) is 36.6 Å². The minimum Gasteiger partial charge on any atom is -0.491 e. The number of allylic oxidation sites excluding steroid dienone is 5. The summed E-state index contributed by atoms with van der Waals surface area (Å²) in [5.74, 6) is 0.927. The number of rotatable bonds is 8. The highest BCUT2D eigenvalue weighted by atomic mass is 32.2. The molecule has 0 radical (unpaired) electrons. The number of thiazole rings is 1. The summed E-state index contributed by atoms with van der Waals surface area (Å²) in [5, 5.41) is 12.0. The molecule has 1 aliphatic heterocycles. The van der Waals surface area contributed by atoms with Crippen LogP contribution < -0.4 is 9.47 Å². The van der Waals surface area contributed by atoms with Crippen molar-refractivity contribution >= 4 is 45.1 Å². The third-order valence-corrected chi connectivity index (χ3v) is 8.83. The second kappa shape index (κ2) is 11.5. The van der Waals surface area contributed by atoms with E-state index >= 15 is 0 Å². The Morgan fingerprint density at radius 3 is 2.69 bits per heavy atom. The highest BCUT2D eigenvalue weighted by molar-refractivity contribution is 8.03. The van der Waals surface area contributed by atoms with Crippen LogP contribution in [0.15, 0.2) is 93.6 Å². The molecule has 0 fully saturated rings. The first-order valence-electron chi connectivity index (χ1n) is 12.7. The molecule has 0 saturated heterocycles. The monoisotopic (exact) mass is 517 g/mol. The van der Waals surface area contributed by atoms with Gasteiger partial charge in [0.1, 0.15) is 23.6 Å². The van der Waals surface area contributed by atoms with E-state index in [2.05, 4.69) is 96.1 Å². The largest absolute Gasteiger partial charge is 0.491 e. The molecule has 2 aromatic carbocycles. The number of benzene rings is 2. The lowest BCUT2D eigenvalue weighted by atomic mass is 9.92. The highest BCUT2D eigenvalue weighted by Crippen LogP contribution is 2.45. The molecule has 3 aromatic rings. The Balaban J connectivity index is 1.48. The molecule has 0 unspecified atom stereocenters. The second-order valence-corrected chi connectivity index (χ2v) is 10.9. The van der Waals surface area contributed by atoms with Crippen LogP contribution in [0.1, 0.15) is 38.1 Å². The van der Waals surface area contributed by atoms with E-state index < -0.39 is 0 Å². The van der Waals surface area contributed by atoms with Crippen LogP contribution in [-0.4, -0.2) is 24.9 Å². The Labute approximate surface area is 221 Å². The summed E-state index contributed by atoms with van der Waals surface area (Å²) in [5.41, 5.74) is 4.96. The van der Waals surface area contributed by atoms with Crippen molar-refractivity contribution in [1.29, 1.82) is 0 Å². The van der Waals surface area contributed by atoms with Gasteiger partial charge in [0.05, 0.1) is 17.3 Å². The summed E-state index contributed by atoms with van der Waals surface area (Å²) in [6.07, 6.45) is 12.0. The summed E-state index contributed by atoms with van der Waals surface area (Å²) in [7, 11) is 0. The standard InChI is InChI=1S/C30H33N2O2S2/c1-3-31-24-12-5-7-14-26(24)35-28(31)18-16-22-10-9-11-23(30(22)34-21-20-33)17-19-29-32(4-2)25-13-6-8-15-27(25)36-29/h5-8,12-19,33H,3-4,9-11,20-21H2,1-2H3/q+1. The maximum Gasteiger partial charge on any atom is 0.262 e. The van der Waals surface area contributed by atoms with E-state index in [1.54, 1.807) is 0 Å². The zero-order valence-electron chi connectivity index (χ0n) is 20.9. The maximum atomic E-state index is 9.49. The molecule has 36 heavy (non-hydrogen) atoms. The first-order valence-corrected chi connectivity index (χ1v) is 14.4. The third kappa shape index (κ3) is 5.03. The Bertz CT molecular complexity index is 1370. The molecule has 0 amide bonds. The maximum absolute atomic E-state index is 9.49. The number of hydrogen-bond donors (Lipinski definition) is 1. The SMILES string of the molecule is CCN1C(=CC=C2CCCC(C=Cc3sc4ccccc4[n+]3CC)=C2OCCO)Sc2ccccc21. The van der Waals surface area contributed by atoms with Crippen LogP contribution in [0.5, 0.6) is 0 Å². The van der Waals surface area contributed by atoms with Crippen molar-refractivity contribution in [2.45, 2.75) is 44.6 Å². The Morgan fingerprint density at radius 2 is 1.86 bits per heavy atom. The number of nitrogens with zero attached hydrogens (tertiary/aromatic N) is 2. The Hall–Kier alpha value is -2.80. The summed E-state index contributed by atoms with van der Waals surface area (Å²) in [6, 6.07) is 17.2. The number of ether oxygens (including phenoxy) is 1. The molecule has 0 atom stereocenters. The van der Waals surface area contributed by atoms with Crippen molar-refractivity contribution in [3.8, 4) is 0 Å². The van der Waals surface area contributed by atoms with Crippen molar-refractivity contribution in [2.75, 3.05) is 24.7 Å². The molecule has 1 aromatic heterocycles. The van der Waals surface area contributed by atoms with E-state index in [4.69, 9.17) is 4.74 Å². The van der Waals surface area contributed by atoms with E-state index in [0.29, 0.717) is 6.61 Å². The number of aliphatic hydroxyl groups is 1. The van der Waals surface area contributed by atoms with Crippen molar-refractivity contribution in [1.82, 2.24) is 0 Å². The molecule has 0 bridgehead atoms. The molecule has 4 nitrogen and oxygen atoms in total. The first-order chi connectivity index (χ1) is 17.7. The van der Waals surface area contributed by atoms with Crippen LogP contribution in [0, 0.1) is 0 Å². The minimum atomic E-state index is 0.00971. The van der Waals surface area contributed by atoms with E-state index in [0.717, 1.165) is 38.1 Å². The van der Waals surface area contributed by atoms with Gasteiger partial charge in [-0.3, -0.25) is 0 Å². The van der Waals surface area contributed by atoms with Gasteiger partial charge in [0.25, 0.3) is 5.01 Å². The van der Waals surface area contributed by atoms with Gasteiger partial charge < -0.3 is 14.7 Å². The van der Waals surface area contributed by atoms with E-state index in [-0.39, 0.29) is 6.61 Å². The summed E-state index contributed by atoms with van der Waals surface area (Å²) in [4.78, 5) is 3.67. The van der Waals surface area contributed by atoms with Gasteiger partial charge >= 0.3 is 0 Å². The van der Waals surface area contributed by atoms with Crippen LogP contribution in [0.4, 0.5) is 5.69 Å². The van der Waals surface area contributed by atoms with Crippen LogP contribution in [-0.2, 0) is 11.3 Å². The number of fused-ring (bicyclic) bond motifs is 2. The van der Waals surface area contributed by atoms with Gasteiger partial charge in [-0.25, -0.2) is 0 Å². The van der Waals surface area contributed by atoms with Gasteiger partial charge in [-0.05, 0) is 74.6 Å². The predicted octanol–water partition coefficient (Wildman–Crippen LogP) is 7.07. The molecule has 2 heterocycles. The van der Waals surface area contributed by atoms with Gasteiger partial charge in [-0.15, -0.1) is 0 Å². The summed E-state index contributed by atoms with van der Waals surface area (Å²) >= 11 is 3.64. The smallest absolute Gasteiger partial charge is 0.262 e. The number of aromatic nitrogens is 1. The highest BCUT2D eigenvalue weighted by Gasteiger charge is 2.24. The number of hydrogen-bond acceptors (Lipinski definition) is 5. The number of aryl methyl sites for hydroxylation is 1.